The number of hydrogen-bond acceptors (Lipinski definition) is 2. The molecule has 1 aliphatic carbocycles. The highest BCUT2D eigenvalue weighted by Crippen LogP contribution is 2.40. The smallest absolute Gasteiger partial charge is 0.132 e. The molecule has 0 amide bonds. The quantitative estimate of drug-likeness (QED) is 0.830. The van der Waals surface area contributed by atoms with Crippen LogP contribution in [0.15, 0.2) is 18.2 Å². The van der Waals surface area contributed by atoms with Gasteiger partial charge in [-0.3, -0.25) is 4.79 Å². The van der Waals surface area contributed by atoms with Gasteiger partial charge in [0.15, 0.2) is 0 Å². The van der Waals surface area contributed by atoms with Crippen LogP contribution in [0.5, 0.6) is 0 Å². The summed E-state index contributed by atoms with van der Waals surface area (Å²) < 4.78 is 0. The van der Waals surface area contributed by atoms with Gasteiger partial charge in [0.05, 0.1) is 0 Å². The molecule has 104 valence electrons. The average molecular weight is 259 g/mol. The van der Waals surface area contributed by atoms with Crippen molar-refractivity contribution in [3.05, 3.63) is 34.9 Å². The molecular formula is C17H25NO. The molecule has 0 atom stereocenters. The molecule has 0 aromatic heterocycles. The molecule has 19 heavy (non-hydrogen) atoms. The van der Waals surface area contributed by atoms with Gasteiger partial charge in [-0.05, 0) is 51.9 Å². The van der Waals surface area contributed by atoms with E-state index in [-0.39, 0.29) is 5.41 Å². The first-order valence-corrected chi connectivity index (χ1v) is 7.17. The van der Waals surface area contributed by atoms with Crippen LogP contribution in [0, 0.1) is 13.8 Å². The molecule has 0 aliphatic heterocycles. The summed E-state index contributed by atoms with van der Waals surface area (Å²) >= 11 is 0. The van der Waals surface area contributed by atoms with Crippen molar-refractivity contribution in [1.82, 2.24) is 4.90 Å². The van der Waals surface area contributed by atoms with Crippen LogP contribution in [-0.4, -0.2) is 31.3 Å². The van der Waals surface area contributed by atoms with E-state index in [9.17, 15) is 4.79 Å². The van der Waals surface area contributed by atoms with Crippen molar-refractivity contribution in [2.45, 2.75) is 44.9 Å². The number of ketones is 1. The summed E-state index contributed by atoms with van der Waals surface area (Å²) in [5.41, 5.74) is 4.29. The number of Topliss-reactive ketones (excluding diaryl/α,β-unsaturated/α-hetero) is 1. The second-order valence-corrected chi connectivity index (χ2v) is 6.38. The molecule has 1 aliphatic rings. The van der Waals surface area contributed by atoms with Crippen molar-refractivity contribution in [2.24, 2.45) is 0 Å². The Balaban J connectivity index is 2.42. The van der Waals surface area contributed by atoms with E-state index >= 15 is 0 Å². The lowest BCUT2D eigenvalue weighted by Gasteiger charge is -2.40. The number of carbonyl (C=O) groups is 1. The van der Waals surface area contributed by atoms with Crippen LogP contribution in [0.1, 0.15) is 42.4 Å². The Bertz CT molecular complexity index is 466. The summed E-state index contributed by atoms with van der Waals surface area (Å²) in [6.45, 7) is 5.38. The standard InChI is InChI=1S/C17H25NO/c1-13-5-6-14(2)16(11-13)17(12-18(3)4)9-7-15(19)8-10-17/h5-6,11H,7-10,12H2,1-4H3. The molecule has 1 aromatic carbocycles. The third-order valence-electron chi connectivity index (χ3n) is 4.35. The fourth-order valence-electron chi connectivity index (χ4n) is 3.43. The van der Waals surface area contributed by atoms with E-state index in [1.807, 2.05) is 0 Å². The predicted octanol–water partition coefficient (Wildman–Crippen LogP) is 3.25. The van der Waals surface area contributed by atoms with Crippen LogP contribution in [0.25, 0.3) is 0 Å². The number of nitrogens with zero attached hydrogens (tertiary/aromatic N) is 1. The number of rotatable bonds is 3. The summed E-state index contributed by atoms with van der Waals surface area (Å²) in [6.07, 6.45) is 3.46. The molecule has 0 N–H and O–H groups in total. The monoisotopic (exact) mass is 259 g/mol. The van der Waals surface area contributed by atoms with E-state index in [1.54, 1.807) is 0 Å². The van der Waals surface area contributed by atoms with Gasteiger partial charge < -0.3 is 4.90 Å². The fourth-order valence-corrected chi connectivity index (χ4v) is 3.43. The van der Waals surface area contributed by atoms with Crippen molar-refractivity contribution in [1.29, 1.82) is 0 Å². The maximum absolute atomic E-state index is 11.6. The molecule has 0 unspecified atom stereocenters. The Morgan fingerprint density at radius 3 is 2.37 bits per heavy atom. The molecule has 0 spiro atoms. The normalized spacial score (nSPS) is 18.9. The minimum absolute atomic E-state index is 0.160. The van der Waals surface area contributed by atoms with Gasteiger partial charge in [-0.1, -0.05) is 23.8 Å². The minimum Gasteiger partial charge on any atom is -0.309 e. The molecule has 2 rings (SSSR count). The van der Waals surface area contributed by atoms with Gasteiger partial charge >= 0.3 is 0 Å². The highest BCUT2D eigenvalue weighted by atomic mass is 16.1. The first kappa shape index (κ1) is 14.3. The Kier molecular flexibility index (Phi) is 4.10. The van der Waals surface area contributed by atoms with Gasteiger partial charge in [0, 0.05) is 24.8 Å². The predicted molar refractivity (Wildman–Crippen MR) is 79.6 cm³/mol. The number of likely N-dealkylation sites (N-methyl/N-ethyl adjacent to an activating group) is 1. The Hall–Kier alpha value is -1.15. The summed E-state index contributed by atoms with van der Waals surface area (Å²) in [5, 5.41) is 0. The SMILES string of the molecule is Cc1ccc(C)c(C2(CN(C)C)CCC(=O)CC2)c1. The molecule has 0 saturated heterocycles. The number of benzene rings is 1. The van der Waals surface area contributed by atoms with Crippen LogP contribution in [0.2, 0.25) is 0 Å². The van der Waals surface area contributed by atoms with E-state index in [0.717, 1.165) is 32.2 Å². The van der Waals surface area contributed by atoms with Gasteiger partial charge in [0.25, 0.3) is 0 Å². The number of carbonyl (C=O) groups excluding carboxylic acids is 1. The van der Waals surface area contributed by atoms with Crippen LogP contribution in [0.3, 0.4) is 0 Å². The number of aryl methyl sites for hydroxylation is 2. The lowest BCUT2D eigenvalue weighted by atomic mass is 9.67. The van der Waals surface area contributed by atoms with E-state index in [2.05, 4.69) is 51.0 Å². The van der Waals surface area contributed by atoms with Crippen LogP contribution in [0.4, 0.5) is 0 Å². The molecule has 0 heterocycles. The average Bonchev–Trinajstić information content (AvgIpc) is 2.35. The lowest BCUT2D eigenvalue weighted by Crippen LogP contribution is -2.41. The third kappa shape index (κ3) is 3.06. The zero-order valence-electron chi connectivity index (χ0n) is 12.6. The maximum Gasteiger partial charge on any atom is 0.132 e. The molecule has 1 aromatic rings. The Labute approximate surface area is 116 Å². The molecule has 2 heteroatoms. The van der Waals surface area contributed by atoms with Crippen molar-refractivity contribution >= 4 is 5.78 Å². The summed E-state index contributed by atoms with van der Waals surface area (Å²) in [5.74, 6) is 0.430. The first-order chi connectivity index (χ1) is 8.93. The van der Waals surface area contributed by atoms with Crippen molar-refractivity contribution in [2.75, 3.05) is 20.6 Å². The lowest BCUT2D eigenvalue weighted by molar-refractivity contribution is -0.121. The topological polar surface area (TPSA) is 20.3 Å². The van der Waals surface area contributed by atoms with Gasteiger partial charge in [-0.15, -0.1) is 0 Å². The van der Waals surface area contributed by atoms with Crippen LogP contribution in [-0.2, 0) is 10.2 Å². The number of hydrogen-bond donors (Lipinski definition) is 0. The van der Waals surface area contributed by atoms with E-state index < -0.39 is 0 Å². The summed E-state index contributed by atoms with van der Waals surface area (Å²) in [7, 11) is 4.26. The van der Waals surface area contributed by atoms with Crippen LogP contribution >= 0.6 is 0 Å². The summed E-state index contributed by atoms with van der Waals surface area (Å²) in [6, 6.07) is 6.73. The van der Waals surface area contributed by atoms with Gasteiger partial charge in [-0.25, -0.2) is 0 Å². The van der Waals surface area contributed by atoms with Crippen molar-refractivity contribution < 1.29 is 4.79 Å². The zero-order valence-corrected chi connectivity index (χ0v) is 12.6. The van der Waals surface area contributed by atoms with E-state index in [0.29, 0.717) is 5.78 Å². The van der Waals surface area contributed by atoms with Gasteiger partial charge in [-0.2, -0.15) is 0 Å². The van der Waals surface area contributed by atoms with Crippen LogP contribution < -0.4 is 0 Å². The highest BCUT2D eigenvalue weighted by molar-refractivity contribution is 5.79. The maximum atomic E-state index is 11.6. The molecule has 2 nitrogen and oxygen atoms in total. The highest BCUT2D eigenvalue weighted by Gasteiger charge is 2.37. The molecule has 0 bridgehead atoms. The second-order valence-electron chi connectivity index (χ2n) is 6.38. The van der Waals surface area contributed by atoms with E-state index in [1.165, 1.54) is 16.7 Å². The fraction of sp³-hybridized carbons (Fsp3) is 0.588. The Morgan fingerprint density at radius 1 is 1.16 bits per heavy atom. The Morgan fingerprint density at radius 2 is 1.79 bits per heavy atom. The molecular weight excluding hydrogens is 234 g/mol. The third-order valence-corrected chi connectivity index (χ3v) is 4.35. The summed E-state index contributed by atoms with van der Waals surface area (Å²) in [4.78, 5) is 13.9. The molecule has 1 fully saturated rings. The van der Waals surface area contributed by atoms with Crippen molar-refractivity contribution in [3.63, 3.8) is 0 Å². The van der Waals surface area contributed by atoms with Gasteiger partial charge in [0.2, 0.25) is 0 Å². The first-order valence-electron chi connectivity index (χ1n) is 7.17. The minimum atomic E-state index is 0.160. The zero-order chi connectivity index (χ0) is 14.0. The van der Waals surface area contributed by atoms with Crippen molar-refractivity contribution in [3.8, 4) is 0 Å². The van der Waals surface area contributed by atoms with E-state index in [4.69, 9.17) is 0 Å². The largest absolute Gasteiger partial charge is 0.309 e. The molecule has 1 saturated carbocycles. The second kappa shape index (κ2) is 5.46. The van der Waals surface area contributed by atoms with Gasteiger partial charge in [0.1, 0.15) is 5.78 Å². The molecule has 0 radical (unpaired) electrons.